The van der Waals surface area contributed by atoms with Gasteiger partial charge in [0.05, 0.1) is 12.1 Å². The number of aliphatic hydroxyl groups is 1. The Hall–Kier alpha value is -2.93. The van der Waals surface area contributed by atoms with E-state index >= 15 is 0 Å². The third-order valence-corrected chi connectivity index (χ3v) is 3.68. The monoisotopic (exact) mass is 324 g/mol. The average Bonchev–Trinajstić information content (AvgIpc) is 2.60. The molecule has 0 amide bonds. The van der Waals surface area contributed by atoms with Crippen LogP contribution in [0.3, 0.4) is 0 Å². The number of hydrogen-bond donors (Lipinski definition) is 3. The largest absolute Gasteiger partial charge is 0.395 e. The lowest BCUT2D eigenvalue weighted by Gasteiger charge is -2.20. The van der Waals surface area contributed by atoms with Gasteiger partial charge >= 0.3 is 0 Å². The fourth-order valence-corrected chi connectivity index (χ4v) is 2.56. The number of anilines is 3. The van der Waals surface area contributed by atoms with Gasteiger partial charge in [0.15, 0.2) is 0 Å². The van der Waals surface area contributed by atoms with Gasteiger partial charge in [0.25, 0.3) is 0 Å². The van der Waals surface area contributed by atoms with Crippen LogP contribution < -0.4 is 16.0 Å². The van der Waals surface area contributed by atoms with Crippen LogP contribution in [0.25, 0.3) is 10.9 Å². The molecule has 7 nitrogen and oxygen atoms in total. The predicted molar refractivity (Wildman–Crippen MR) is 95.9 cm³/mol. The molecule has 0 bridgehead atoms. The molecule has 0 atom stereocenters. The Balaban J connectivity index is 1.86. The van der Waals surface area contributed by atoms with E-state index in [0.29, 0.717) is 24.7 Å². The summed E-state index contributed by atoms with van der Waals surface area (Å²) in [6.45, 7) is 1.10. The van der Waals surface area contributed by atoms with Crippen molar-refractivity contribution < 1.29 is 5.11 Å². The first-order valence-electron chi connectivity index (χ1n) is 7.70. The zero-order valence-electron chi connectivity index (χ0n) is 13.5. The molecule has 2 aromatic heterocycles. The van der Waals surface area contributed by atoms with Gasteiger partial charge in [-0.25, -0.2) is 0 Å². The quantitative estimate of drug-likeness (QED) is 0.634. The molecule has 0 aliphatic heterocycles. The number of nitrogens with two attached hydrogens (primary N) is 1. The van der Waals surface area contributed by atoms with Gasteiger partial charge in [0, 0.05) is 37.8 Å². The summed E-state index contributed by atoms with van der Waals surface area (Å²) in [4.78, 5) is 14.8. The summed E-state index contributed by atoms with van der Waals surface area (Å²) in [5, 5.41) is 13.0. The lowest BCUT2D eigenvalue weighted by atomic mass is 10.1. The Labute approximate surface area is 140 Å². The summed E-state index contributed by atoms with van der Waals surface area (Å²) in [6.07, 6.45) is 1.79. The first-order chi connectivity index (χ1) is 11.7. The van der Waals surface area contributed by atoms with E-state index in [0.717, 1.165) is 16.5 Å². The van der Waals surface area contributed by atoms with Crippen LogP contribution in [0.2, 0.25) is 0 Å². The van der Waals surface area contributed by atoms with Crippen LogP contribution in [-0.4, -0.2) is 40.3 Å². The van der Waals surface area contributed by atoms with Crippen molar-refractivity contribution in [3.05, 3.63) is 48.2 Å². The first-order valence-corrected chi connectivity index (χ1v) is 7.70. The second kappa shape index (κ2) is 7.10. The summed E-state index contributed by atoms with van der Waals surface area (Å²) >= 11 is 0. The summed E-state index contributed by atoms with van der Waals surface area (Å²) in [7, 11) is 1.95. The Morgan fingerprint density at radius 2 is 2.08 bits per heavy atom. The van der Waals surface area contributed by atoms with Crippen LogP contribution in [0, 0.1) is 0 Å². The smallest absolute Gasteiger partial charge is 0.223 e. The molecule has 0 radical (unpaired) electrons. The topological polar surface area (TPSA) is 100 Å². The minimum atomic E-state index is 0.0259. The predicted octanol–water partition coefficient (Wildman–Crippen LogP) is 1.65. The summed E-state index contributed by atoms with van der Waals surface area (Å²) in [5.74, 6) is 1.50. The lowest BCUT2D eigenvalue weighted by Crippen LogP contribution is -2.19. The summed E-state index contributed by atoms with van der Waals surface area (Å²) in [5.41, 5.74) is 7.92. The van der Waals surface area contributed by atoms with Gasteiger partial charge in [-0.2, -0.15) is 9.97 Å². The van der Waals surface area contributed by atoms with Gasteiger partial charge in [-0.15, -0.1) is 0 Å². The number of nitrogens with zero attached hydrogens (tertiary/aromatic N) is 4. The number of hydrogen-bond acceptors (Lipinski definition) is 7. The normalized spacial score (nSPS) is 10.8. The van der Waals surface area contributed by atoms with Crippen molar-refractivity contribution in [3.8, 4) is 0 Å². The number of benzene rings is 1. The van der Waals surface area contributed by atoms with E-state index in [1.165, 1.54) is 0 Å². The number of nitrogen functional groups attached to an aromatic ring is 1. The fraction of sp³-hybridized carbons (Fsp3) is 0.235. The van der Waals surface area contributed by atoms with Crippen molar-refractivity contribution in [2.45, 2.75) is 6.54 Å². The van der Waals surface area contributed by atoms with Crippen molar-refractivity contribution in [1.82, 2.24) is 15.0 Å². The highest BCUT2D eigenvalue weighted by Crippen LogP contribution is 2.21. The van der Waals surface area contributed by atoms with Crippen molar-refractivity contribution in [1.29, 1.82) is 0 Å². The van der Waals surface area contributed by atoms with Crippen LogP contribution >= 0.6 is 0 Å². The number of nitrogens with one attached hydrogen (secondary N) is 1. The molecule has 7 heteroatoms. The zero-order chi connectivity index (χ0) is 16.9. The number of pyridine rings is 1. The third-order valence-electron chi connectivity index (χ3n) is 3.68. The van der Waals surface area contributed by atoms with Crippen LogP contribution in [-0.2, 0) is 6.54 Å². The lowest BCUT2D eigenvalue weighted by molar-refractivity contribution is 0.311. The van der Waals surface area contributed by atoms with Gasteiger partial charge in [0.1, 0.15) is 11.6 Å². The Morgan fingerprint density at radius 3 is 2.92 bits per heavy atom. The number of aliphatic hydroxyl groups excluding tert-OH is 1. The molecule has 0 saturated carbocycles. The molecule has 2 heterocycles. The molecule has 0 aliphatic rings. The van der Waals surface area contributed by atoms with Crippen molar-refractivity contribution >= 4 is 28.5 Å². The molecule has 0 spiro atoms. The zero-order valence-corrected chi connectivity index (χ0v) is 13.5. The highest BCUT2D eigenvalue weighted by Gasteiger charge is 2.10. The molecule has 0 saturated heterocycles. The summed E-state index contributed by atoms with van der Waals surface area (Å²) < 4.78 is 0. The third kappa shape index (κ3) is 3.52. The molecule has 124 valence electrons. The van der Waals surface area contributed by atoms with Gasteiger partial charge < -0.3 is 21.1 Å². The van der Waals surface area contributed by atoms with Crippen molar-refractivity contribution in [2.75, 3.05) is 36.1 Å². The molecule has 3 aromatic rings. The molecule has 0 aliphatic carbocycles. The maximum absolute atomic E-state index is 8.92. The first kappa shape index (κ1) is 15.9. The van der Waals surface area contributed by atoms with Gasteiger partial charge in [-0.05, 0) is 17.7 Å². The Kier molecular flexibility index (Phi) is 4.72. The van der Waals surface area contributed by atoms with E-state index in [-0.39, 0.29) is 12.6 Å². The van der Waals surface area contributed by atoms with Crippen LogP contribution in [0.15, 0.2) is 42.6 Å². The van der Waals surface area contributed by atoms with Gasteiger partial charge in [-0.1, -0.05) is 18.2 Å². The van der Waals surface area contributed by atoms with E-state index in [9.17, 15) is 0 Å². The molecular formula is C17H20N6O. The SMILES string of the molecule is CN(Cc1cccc2ncccc12)c1cc(NCCO)nc(N)n1. The Morgan fingerprint density at radius 1 is 1.21 bits per heavy atom. The molecule has 0 fully saturated rings. The molecule has 3 rings (SSSR count). The molecule has 24 heavy (non-hydrogen) atoms. The van der Waals surface area contributed by atoms with E-state index < -0.39 is 0 Å². The average molecular weight is 324 g/mol. The van der Waals surface area contributed by atoms with Crippen LogP contribution in [0.5, 0.6) is 0 Å². The van der Waals surface area contributed by atoms with Crippen molar-refractivity contribution in [3.63, 3.8) is 0 Å². The van der Waals surface area contributed by atoms with Gasteiger partial charge in [0.2, 0.25) is 5.95 Å². The fourth-order valence-electron chi connectivity index (χ4n) is 2.56. The van der Waals surface area contributed by atoms with Gasteiger partial charge in [-0.3, -0.25) is 4.98 Å². The maximum Gasteiger partial charge on any atom is 0.223 e. The number of aromatic nitrogens is 3. The Bertz CT molecular complexity index is 833. The number of rotatable bonds is 6. The maximum atomic E-state index is 8.92. The second-order valence-electron chi connectivity index (χ2n) is 5.46. The standard InChI is InChI=1S/C17H20N6O/c1-23(16-10-15(20-8-9-24)21-17(18)22-16)11-12-4-2-6-14-13(12)5-3-7-19-14/h2-7,10,24H,8-9,11H2,1H3,(H3,18,20,21,22). The van der Waals surface area contributed by atoms with E-state index in [4.69, 9.17) is 10.8 Å². The minimum absolute atomic E-state index is 0.0259. The van der Waals surface area contributed by atoms with E-state index in [1.54, 1.807) is 6.20 Å². The van der Waals surface area contributed by atoms with Crippen LogP contribution in [0.4, 0.5) is 17.6 Å². The van der Waals surface area contributed by atoms with E-state index in [2.05, 4.69) is 32.4 Å². The van der Waals surface area contributed by atoms with E-state index in [1.807, 2.05) is 36.2 Å². The highest BCUT2D eigenvalue weighted by atomic mass is 16.3. The minimum Gasteiger partial charge on any atom is -0.395 e. The van der Waals surface area contributed by atoms with Crippen molar-refractivity contribution in [2.24, 2.45) is 0 Å². The highest BCUT2D eigenvalue weighted by molar-refractivity contribution is 5.82. The molecule has 4 N–H and O–H groups in total. The second-order valence-corrected chi connectivity index (χ2v) is 5.46. The van der Waals surface area contributed by atoms with Crippen LogP contribution in [0.1, 0.15) is 5.56 Å². The molecule has 1 aromatic carbocycles. The summed E-state index contributed by atoms with van der Waals surface area (Å²) in [6, 6.07) is 11.9. The molecular weight excluding hydrogens is 304 g/mol. The molecule has 0 unspecified atom stereocenters. The number of fused-ring (bicyclic) bond motifs is 1.